The normalized spacial score (nSPS) is 17.1. The molecule has 0 N–H and O–H groups in total. The maximum atomic E-state index is 4.77. The van der Waals surface area contributed by atoms with E-state index >= 15 is 0 Å². The van der Waals surface area contributed by atoms with Crippen LogP contribution in [-0.2, 0) is 0 Å². The third kappa shape index (κ3) is 4.72. The molecule has 0 radical (unpaired) electrons. The molecular formula is C24H54Br4Si4. The van der Waals surface area contributed by atoms with Crippen molar-refractivity contribution >= 4 is 85.0 Å². The van der Waals surface area contributed by atoms with Gasteiger partial charge in [0.1, 0.15) is 0 Å². The van der Waals surface area contributed by atoms with Gasteiger partial charge in [-0.25, -0.2) is 0 Å². The van der Waals surface area contributed by atoms with Gasteiger partial charge in [-0.15, -0.1) is 61.2 Å². The van der Waals surface area contributed by atoms with Crippen LogP contribution < -0.4 is 0 Å². The van der Waals surface area contributed by atoms with Gasteiger partial charge in [-0.1, -0.05) is 125 Å². The van der Waals surface area contributed by atoms with Crippen LogP contribution in [0.4, 0.5) is 0 Å². The van der Waals surface area contributed by atoms with Crippen LogP contribution in [0.3, 0.4) is 0 Å². The van der Waals surface area contributed by atoms with Crippen LogP contribution in [0, 0.1) is 0 Å². The maximum absolute atomic E-state index is 4.77. The predicted octanol–water partition coefficient (Wildman–Crippen LogP) is 12.4. The molecule has 0 saturated carbocycles. The van der Waals surface area contributed by atoms with E-state index in [4.69, 9.17) is 61.2 Å². The molecule has 0 nitrogen and oxygen atoms in total. The molecule has 0 rings (SSSR count). The number of halogens is 4. The van der Waals surface area contributed by atoms with Crippen LogP contribution in [0.1, 0.15) is 125 Å². The van der Waals surface area contributed by atoms with Gasteiger partial charge in [0.2, 0.25) is 8.70 Å². The monoisotopic (exact) mass is 770 g/mol. The fourth-order valence-electron chi connectivity index (χ4n) is 10.0. The second-order valence-electron chi connectivity index (χ2n) is 16.1. The summed E-state index contributed by atoms with van der Waals surface area (Å²) >= 11 is 19.1. The van der Waals surface area contributed by atoms with E-state index in [1.54, 1.807) is 0 Å². The molecule has 0 aromatic rings. The minimum Gasteiger partial charge on any atom is -0.116 e. The maximum Gasteiger partial charge on any atom is 0.205 e. The fourth-order valence-corrected chi connectivity index (χ4v) is 185. The molecule has 0 heterocycles. The molecule has 8 heteroatoms. The summed E-state index contributed by atoms with van der Waals surface area (Å²) in [6, 6.07) is 0. The molecule has 0 saturated heterocycles. The molecule has 0 atom stereocenters. The van der Waals surface area contributed by atoms with Crippen molar-refractivity contribution in [3.63, 3.8) is 0 Å². The second-order valence-corrected chi connectivity index (χ2v) is 85.2. The lowest BCUT2D eigenvalue weighted by Gasteiger charge is -2.72. The molecule has 32 heavy (non-hydrogen) atoms. The summed E-state index contributed by atoms with van der Waals surface area (Å²) in [6.45, 7) is 45.7. The summed E-state index contributed by atoms with van der Waals surface area (Å²) in [7, 11) is -4.27. The van der Waals surface area contributed by atoms with Crippen molar-refractivity contribution in [2.75, 3.05) is 0 Å². The predicted molar refractivity (Wildman–Crippen MR) is 177 cm³/mol. The topological polar surface area (TPSA) is 0 Å². The van der Waals surface area contributed by atoms with Gasteiger partial charge in [0, 0.05) is 0 Å². The molecule has 0 amide bonds. The average molecular weight is 775 g/mol. The molecule has 0 spiro atoms. The number of rotatable bonds is 3. The summed E-state index contributed by atoms with van der Waals surface area (Å²) < 4.78 is -4.57. The van der Waals surface area contributed by atoms with Crippen molar-refractivity contribution < 1.29 is 0 Å². The van der Waals surface area contributed by atoms with Crippen molar-refractivity contribution in [3.05, 3.63) is 0 Å². The number of hydrogen-bond donors (Lipinski definition) is 0. The van der Waals surface area contributed by atoms with E-state index in [0.717, 1.165) is 0 Å². The lowest BCUT2D eigenvalue weighted by Crippen LogP contribution is -2.87. The highest BCUT2D eigenvalue weighted by Gasteiger charge is 2.83. The molecule has 0 bridgehead atoms. The molecule has 0 aliphatic rings. The first-order valence-corrected chi connectivity index (χ1v) is 32.0. The van der Waals surface area contributed by atoms with Crippen molar-refractivity contribution in [1.82, 2.24) is 0 Å². The van der Waals surface area contributed by atoms with Gasteiger partial charge >= 0.3 is 0 Å². The van der Waals surface area contributed by atoms with Gasteiger partial charge in [-0.3, -0.25) is 0 Å². The molecule has 0 fully saturated rings. The van der Waals surface area contributed by atoms with Gasteiger partial charge in [-0.05, 0) is 30.2 Å². The van der Waals surface area contributed by atoms with Gasteiger partial charge in [0.25, 0.3) is 0 Å². The Kier molecular flexibility index (Phi) is 10.0. The van der Waals surface area contributed by atoms with Gasteiger partial charge in [0.05, 0.1) is 15.2 Å². The molecule has 0 unspecified atom stereocenters. The molecule has 0 aromatic heterocycles. The summed E-state index contributed by atoms with van der Waals surface area (Å²) in [6.07, 6.45) is 0. The Bertz CT molecular complexity index is 542. The minimum atomic E-state index is -2.28. The standard InChI is InChI=1S/C24H54Br4Si4/c1-19(2,3)29(20(4,5)6,21(7,8)9)31(25,26)32(27,28)30(22(10,11)12,23(13,14)15)24(16,17)18/h1-18H3. The zero-order valence-electron chi connectivity index (χ0n) is 24.5. The summed E-state index contributed by atoms with van der Waals surface area (Å²) in [5, 5.41) is 1.31. The van der Waals surface area contributed by atoms with E-state index in [-0.39, 0.29) is 30.2 Å². The van der Waals surface area contributed by atoms with Crippen LogP contribution in [0.2, 0.25) is 30.2 Å². The first-order chi connectivity index (χ1) is 13.2. The van der Waals surface area contributed by atoms with Crippen molar-refractivity contribution in [3.8, 4) is 0 Å². The van der Waals surface area contributed by atoms with Gasteiger partial charge in [-0.2, -0.15) is 0 Å². The highest BCUT2D eigenvalue weighted by atomic mass is 79.9. The Hall–Kier alpha value is 2.79. The van der Waals surface area contributed by atoms with Crippen LogP contribution >= 0.6 is 61.2 Å². The molecule has 0 aliphatic heterocycles. The molecule has 0 aliphatic carbocycles. The fraction of sp³-hybridized carbons (Fsp3) is 1.00. The first-order valence-electron chi connectivity index (χ1n) is 12.0. The highest BCUT2D eigenvalue weighted by Crippen LogP contribution is 2.76. The quantitative estimate of drug-likeness (QED) is 0.198. The SMILES string of the molecule is CC(C)(C)[Si](C(C)(C)C)(C(C)(C)C)[Si](Br)(Br)[Si](Br)(Br)[Si](C(C)(C)C)(C(C)(C)C)C(C)(C)C. The van der Waals surface area contributed by atoms with E-state index in [1.165, 1.54) is 0 Å². The van der Waals surface area contributed by atoms with E-state index < -0.39 is 23.9 Å². The minimum absolute atomic E-state index is 0.219. The zero-order valence-corrected chi connectivity index (χ0v) is 34.9. The van der Waals surface area contributed by atoms with E-state index in [9.17, 15) is 0 Å². The summed E-state index contributed by atoms with van der Waals surface area (Å²) in [5.74, 6) is 0. The van der Waals surface area contributed by atoms with E-state index in [0.29, 0.717) is 0 Å². The first kappa shape index (κ1) is 34.8. The zero-order chi connectivity index (χ0) is 27.0. The number of hydrogen-bond acceptors (Lipinski definition) is 0. The molecule has 194 valence electrons. The second kappa shape index (κ2) is 9.21. The Balaban J connectivity index is 8.24. The van der Waals surface area contributed by atoms with E-state index in [2.05, 4.69) is 125 Å². The lowest BCUT2D eigenvalue weighted by molar-refractivity contribution is 0.552. The third-order valence-corrected chi connectivity index (χ3v) is 137. The molecule has 0 aromatic carbocycles. The van der Waals surface area contributed by atoms with E-state index in [1.807, 2.05) is 0 Å². The Morgan fingerprint density at radius 1 is 0.281 bits per heavy atom. The third-order valence-electron chi connectivity index (χ3n) is 8.09. The summed E-state index contributed by atoms with van der Waals surface area (Å²) in [5.41, 5.74) is 0. The van der Waals surface area contributed by atoms with Gasteiger partial charge < -0.3 is 0 Å². The average Bonchev–Trinajstić information content (AvgIpc) is 2.25. The van der Waals surface area contributed by atoms with Crippen LogP contribution in [0.15, 0.2) is 0 Å². The smallest absolute Gasteiger partial charge is 0.116 e. The largest absolute Gasteiger partial charge is 0.205 e. The highest BCUT2D eigenvalue weighted by molar-refractivity contribution is 9.69. The van der Waals surface area contributed by atoms with Crippen molar-refractivity contribution in [1.29, 1.82) is 0 Å². The van der Waals surface area contributed by atoms with Gasteiger partial charge in [0.15, 0.2) is 0 Å². The van der Waals surface area contributed by atoms with Crippen LogP contribution in [0.5, 0.6) is 0 Å². The Labute approximate surface area is 237 Å². The van der Waals surface area contributed by atoms with Crippen LogP contribution in [0.25, 0.3) is 0 Å². The van der Waals surface area contributed by atoms with Crippen molar-refractivity contribution in [2.24, 2.45) is 0 Å². The van der Waals surface area contributed by atoms with Crippen molar-refractivity contribution in [2.45, 2.75) is 155 Å². The molecular weight excluding hydrogens is 720 g/mol. The Morgan fingerprint density at radius 3 is 0.438 bits per heavy atom. The summed E-state index contributed by atoms with van der Waals surface area (Å²) in [4.78, 5) is 0. The Morgan fingerprint density at radius 2 is 0.375 bits per heavy atom. The van der Waals surface area contributed by atoms with Crippen LogP contribution in [-0.4, -0.2) is 23.9 Å². The lowest BCUT2D eigenvalue weighted by atomic mass is 10.2.